The van der Waals surface area contributed by atoms with Crippen LogP contribution >= 0.6 is 0 Å². The van der Waals surface area contributed by atoms with E-state index in [2.05, 4.69) is 31.3 Å². The van der Waals surface area contributed by atoms with Crippen molar-refractivity contribution in [2.75, 3.05) is 18.0 Å². The SMILES string of the molecule is Cc1ccc(N2CC(C)CNC(C)C2=O)cc1. The molecule has 1 amide bonds. The third kappa shape index (κ3) is 2.67. The second-order valence-corrected chi connectivity index (χ2v) is 5.02. The molecule has 1 aromatic carbocycles. The van der Waals surface area contributed by atoms with Crippen molar-refractivity contribution >= 4 is 11.6 Å². The highest BCUT2D eigenvalue weighted by Crippen LogP contribution is 2.19. The summed E-state index contributed by atoms with van der Waals surface area (Å²) in [7, 11) is 0. The van der Waals surface area contributed by atoms with E-state index in [4.69, 9.17) is 0 Å². The molecule has 1 fully saturated rings. The Bertz CT molecular complexity index is 399. The summed E-state index contributed by atoms with van der Waals surface area (Å²) < 4.78 is 0. The van der Waals surface area contributed by atoms with E-state index in [0.29, 0.717) is 5.92 Å². The number of anilines is 1. The van der Waals surface area contributed by atoms with Gasteiger partial charge in [-0.05, 0) is 31.9 Å². The zero-order chi connectivity index (χ0) is 12.4. The Balaban J connectivity index is 2.27. The van der Waals surface area contributed by atoms with Gasteiger partial charge in [-0.1, -0.05) is 24.6 Å². The van der Waals surface area contributed by atoms with Crippen molar-refractivity contribution in [1.29, 1.82) is 0 Å². The number of rotatable bonds is 1. The summed E-state index contributed by atoms with van der Waals surface area (Å²) >= 11 is 0. The molecule has 0 spiro atoms. The van der Waals surface area contributed by atoms with Crippen LogP contribution in [0.1, 0.15) is 19.4 Å². The summed E-state index contributed by atoms with van der Waals surface area (Å²) in [5, 5.41) is 3.26. The van der Waals surface area contributed by atoms with Crippen LogP contribution in [0.2, 0.25) is 0 Å². The number of nitrogens with one attached hydrogen (secondary N) is 1. The minimum absolute atomic E-state index is 0.0961. The van der Waals surface area contributed by atoms with E-state index >= 15 is 0 Å². The number of hydrogen-bond acceptors (Lipinski definition) is 2. The van der Waals surface area contributed by atoms with E-state index < -0.39 is 0 Å². The van der Waals surface area contributed by atoms with Crippen LogP contribution in [0.5, 0.6) is 0 Å². The van der Waals surface area contributed by atoms with Crippen LogP contribution in [0.15, 0.2) is 24.3 Å². The van der Waals surface area contributed by atoms with Gasteiger partial charge in [0.15, 0.2) is 0 Å². The zero-order valence-corrected chi connectivity index (χ0v) is 10.7. The van der Waals surface area contributed by atoms with Gasteiger partial charge in [0, 0.05) is 18.8 Å². The highest BCUT2D eigenvalue weighted by molar-refractivity contribution is 5.97. The van der Waals surface area contributed by atoms with Crippen molar-refractivity contribution in [2.24, 2.45) is 5.92 Å². The lowest BCUT2D eigenvalue weighted by molar-refractivity contribution is -0.119. The van der Waals surface area contributed by atoms with Crippen molar-refractivity contribution in [3.63, 3.8) is 0 Å². The van der Waals surface area contributed by atoms with Crippen LogP contribution in [-0.2, 0) is 4.79 Å². The minimum Gasteiger partial charge on any atom is -0.311 e. The Labute approximate surface area is 103 Å². The smallest absolute Gasteiger partial charge is 0.243 e. The first-order valence-electron chi connectivity index (χ1n) is 6.19. The summed E-state index contributed by atoms with van der Waals surface area (Å²) in [4.78, 5) is 14.1. The monoisotopic (exact) mass is 232 g/mol. The highest BCUT2D eigenvalue weighted by atomic mass is 16.2. The molecule has 1 saturated heterocycles. The van der Waals surface area contributed by atoms with Gasteiger partial charge in [-0.15, -0.1) is 0 Å². The average molecular weight is 232 g/mol. The number of amides is 1. The Morgan fingerprint density at radius 3 is 2.53 bits per heavy atom. The molecule has 1 aromatic rings. The third-order valence-electron chi connectivity index (χ3n) is 3.25. The first kappa shape index (κ1) is 12.1. The van der Waals surface area contributed by atoms with Crippen LogP contribution in [0.25, 0.3) is 0 Å². The topological polar surface area (TPSA) is 32.3 Å². The Morgan fingerprint density at radius 2 is 1.88 bits per heavy atom. The van der Waals surface area contributed by atoms with Gasteiger partial charge in [0.05, 0.1) is 6.04 Å². The second kappa shape index (κ2) is 4.88. The second-order valence-electron chi connectivity index (χ2n) is 5.02. The van der Waals surface area contributed by atoms with Crippen molar-refractivity contribution in [3.05, 3.63) is 29.8 Å². The minimum atomic E-state index is -0.0961. The van der Waals surface area contributed by atoms with Gasteiger partial charge in [0.1, 0.15) is 0 Å². The summed E-state index contributed by atoms with van der Waals surface area (Å²) in [6.45, 7) is 7.84. The lowest BCUT2D eigenvalue weighted by atomic mass is 10.1. The van der Waals surface area contributed by atoms with Gasteiger partial charge in [0.2, 0.25) is 5.91 Å². The molecule has 1 N–H and O–H groups in total. The first-order chi connectivity index (χ1) is 8.08. The molecule has 0 radical (unpaired) electrons. The number of hydrogen-bond donors (Lipinski definition) is 1. The molecule has 0 bridgehead atoms. The molecular weight excluding hydrogens is 212 g/mol. The van der Waals surface area contributed by atoms with Gasteiger partial charge >= 0.3 is 0 Å². The highest BCUT2D eigenvalue weighted by Gasteiger charge is 2.26. The summed E-state index contributed by atoms with van der Waals surface area (Å²) in [6.07, 6.45) is 0. The number of carbonyl (C=O) groups is 1. The van der Waals surface area contributed by atoms with Crippen molar-refractivity contribution in [2.45, 2.75) is 26.8 Å². The third-order valence-corrected chi connectivity index (χ3v) is 3.25. The number of nitrogens with zero attached hydrogens (tertiary/aromatic N) is 1. The molecule has 2 rings (SSSR count). The van der Waals surface area contributed by atoms with Crippen LogP contribution in [0, 0.1) is 12.8 Å². The van der Waals surface area contributed by atoms with E-state index in [-0.39, 0.29) is 11.9 Å². The number of aryl methyl sites for hydroxylation is 1. The summed E-state index contributed by atoms with van der Waals surface area (Å²) in [5.41, 5.74) is 2.22. The Morgan fingerprint density at radius 1 is 1.24 bits per heavy atom. The van der Waals surface area contributed by atoms with Crippen LogP contribution in [0.3, 0.4) is 0 Å². The molecule has 1 aliphatic rings. The molecule has 1 aliphatic heterocycles. The molecule has 3 nitrogen and oxygen atoms in total. The van der Waals surface area contributed by atoms with Gasteiger partial charge < -0.3 is 10.2 Å². The Hall–Kier alpha value is -1.35. The number of carbonyl (C=O) groups excluding carboxylic acids is 1. The van der Waals surface area contributed by atoms with E-state index in [1.807, 2.05) is 24.0 Å². The van der Waals surface area contributed by atoms with Crippen molar-refractivity contribution in [3.8, 4) is 0 Å². The average Bonchev–Trinajstić information content (AvgIpc) is 2.44. The molecule has 1 heterocycles. The molecular formula is C14H20N2O. The normalized spacial score (nSPS) is 25.8. The zero-order valence-electron chi connectivity index (χ0n) is 10.7. The van der Waals surface area contributed by atoms with Gasteiger partial charge in [-0.3, -0.25) is 4.79 Å². The van der Waals surface area contributed by atoms with Crippen molar-refractivity contribution in [1.82, 2.24) is 5.32 Å². The van der Waals surface area contributed by atoms with Crippen molar-refractivity contribution < 1.29 is 4.79 Å². The van der Waals surface area contributed by atoms with Crippen LogP contribution in [-0.4, -0.2) is 25.0 Å². The predicted octanol–water partition coefficient (Wildman–Crippen LogP) is 1.96. The lowest BCUT2D eigenvalue weighted by Crippen LogP contribution is -2.41. The predicted molar refractivity (Wildman–Crippen MR) is 70.2 cm³/mol. The first-order valence-corrected chi connectivity index (χ1v) is 6.19. The quantitative estimate of drug-likeness (QED) is 0.802. The summed E-state index contributed by atoms with van der Waals surface area (Å²) in [6, 6.07) is 8.06. The Kier molecular flexibility index (Phi) is 3.48. The van der Waals surface area contributed by atoms with Gasteiger partial charge in [-0.2, -0.15) is 0 Å². The largest absolute Gasteiger partial charge is 0.311 e. The fraction of sp³-hybridized carbons (Fsp3) is 0.500. The maximum atomic E-state index is 12.2. The molecule has 92 valence electrons. The summed E-state index contributed by atoms with van der Waals surface area (Å²) in [5.74, 6) is 0.642. The molecule has 0 aliphatic carbocycles. The standard InChI is InChI=1S/C14H20N2O/c1-10-4-6-13(7-5-10)16-9-11(2)8-15-12(3)14(16)17/h4-7,11-12,15H,8-9H2,1-3H3. The van der Waals surface area contributed by atoms with Crippen LogP contribution < -0.4 is 10.2 Å². The molecule has 2 atom stereocenters. The van der Waals surface area contributed by atoms with E-state index in [1.165, 1.54) is 5.56 Å². The van der Waals surface area contributed by atoms with Crippen LogP contribution in [0.4, 0.5) is 5.69 Å². The molecule has 2 unspecified atom stereocenters. The molecule has 3 heteroatoms. The molecule has 17 heavy (non-hydrogen) atoms. The van der Waals surface area contributed by atoms with Gasteiger partial charge in [-0.25, -0.2) is 0 Å². The lowest BCUT2D eigenvalue weighted by Gasteiger charge is -2.24. The molecule has 0 aromatic heterocycles. The van der Waals surface area contributed by atoms with E-state index in [0.717, 1.165) is 18.8 Å². The maximum absolute atomic E-state index is 12.2. The fourth-order valence-corrected chi connectivity index (χ4v) is 2.12. The van der Waals surface area contributed by atoms with Gasteiger partial charge in [0.25, 0.3) is 0 Å². The maximum Gasteiger partial charge on any atom is 0.243 e. The fourth-order valence-electron chi connectivity index (χ4n) is 2.12. The van der Waals surface area contributed by atoms with E-state index in [1.54, 1.807) is 0 Å². The van der Waals surface area contributed by atoms with E-state index in [9.17, 15) is 4.79 Å². The molecule has 0 saturated carbocycles. The number of benzene rings is 1.